The molecule has 0 spiro atoms. The molecule has 2 heterocycles. The number of nitrogens with one attached hydrogen (secondary N) is 2. The number of rotatable bonds is 6. The first-order chi connectivity index (χ1) is 10.0. The average Bonchev–Trinajstić information content (AvgIpc) is 2.98. The van der Waals surface area contributed by atoms with Gasteiger partial charge in [0.25, 0.3) is 5.95 Å². The van der Waals surface area contributed by atoms with Crippen LogP contribution < -0.4 is 22.3 Å². The summed E-state index contributed by atoms with van der Waals surface area (Å²) in [7, 11) is 0. The van der Waals surface area contributed by atoms with Crippen LogP contribution in [0.4, 0.5) is 11.9 Å². The highest BCUT2D eigenvalue weighted by molar-refractivity contribution is 5.82. The number of anilines is 2. The van der Waals surface area contributed by atoms with Crippen LogP contribution in [0.3, 0.4) is 0 Å². The number of aromatic nitrogens is 5. The number of nitrogens with zero attached hydrogens (tertiary/aromatic N) is 5. The summed E-state index contributed by atoms with van der Waals surface area (Å²) >= 11 is 0. The minimum Gasteiger partial charge on any atom is -0.368 e. The van der Waals surface area contributed by atoms with E-state index < -0.39 is 11.9 Å². The normalized spacial score (nSPS) is 12.2. The highest BCUT2D eigenvalue weighted by Crippen LogP contribution is 2.12. The number of hydrogen-bond donors (Lipinski definition) is 4. The monoisotopic (exact) mass is 291 g/mol. The second-order valence-corrected chi connectivity index (χ2v) is 4.65. The molecule has 21 heavy (non-hydrogen) atoms. The largest absolute Gasteiger partial charge is 0.368 e. The Hall–Kier alpha value is -2.75. The number of nitrogens with two attached hydrogens (primary N) is 2. The maximum atomic E-state index is 11.4. The Morgan fingerprint density at radius 3 is 2.52 bits per heavy atom. The highest BCUT2D eigenvalue weighted by Gasteiger charge is 2.21. The van der Waals surface area contributed by atoms with Gasteiger partial charge in [0, 0.05) is 12.4 Å². The third kappa shape index (κ3) is 3.42. The van der Waals surface area contributed by atoms with Crippen molar-refractivity contribution in [1.82, 2.24) is 24.7 Å². The van der Waals surface area contributed by atoms with Gasteiger partial charge in [0.15, 0.2) is 0 Å². The van der Waals surface area contributed by atoms with E-state index in [9.17, 15) is 4.79 Å². The summed E-state index contributed by atoms with van der Waals surface area (Å²) in [6, 6.07) is 1.12. The minimum atomic E-state index is -0.608. The number of hydrazine groups is 1. The van der Waals surface area contributed by atoms with Crippen molar-refractivity contribution in [3.63, 3.8) is 0 Å². The molecule has 0 aliphatic heterocycles. The molecule has 2 rings (SSSR count). The lowest BCUT2D eigenvalue weighted by atomic mass is 10.0. The Bertz CT molecular complexity index is 610. The molecule has 0 saturated heterocycles. The zero-order valence-corrected chi connectivity index (χ0v) is 11.7. The van der Waals surface area contributed by atoms with Gasteiger partial charge in [-0.25, -0.2) is 10.5 Å². The maximum Gasteiger partial charge on any atom is 0.257 e. The zero-order chi connectivity index (χ0) is 15.4. The lowest BCUT2D eigenvalue weighted by Gasteiger charge is -2.19. The summed E-state index contributed by atoms with van der Waals surface area (Å²) in [6.07, 6.45) is 3.26. The number of nitrogen functional groups attached to an aromatic ring is 1. The van der Waals surface area contributed by atoms with Gasteiger partial charge in [-0.3, -0.25) is 10.2 Å². The first-order valence-electron chi connectivity index (χ1n) is 6.30. The molecule has 0 radical (unpaired) electrons. The highest BCUT2D eigenvalue weighted by atomic mass is 16.1. The fourth-order valence-electron chi connectivity index (χ4n) is 1.69. The molecule has 0 saturated carbocycles. The molecule has 2 aromatic rings. The Morgan fingerprint density at radius 1 is 1.29 bits per heavy atom. The first-order valence-corrected chi connectivity index (χ1v) is 6.30. The molecule has 2 aromatic heterocycles. The van der Waals surface area contributed by atoms with E-state index in [-0.39, 0.29) is 23.8 Å². The van der Waals surface area contributed by atoms with Crippen LogP contribution in [0.1, 0.15) is 13.8 Å². The SMILES string of the molecule is CC(C)C(Nc1nc(NN)nc(-n2cccn2)n1)C(N)=O. The molecule has 0 aliphatic rings. The molecular formula is C11H17N9O. The molecular weight excluding hydrogens is 274 g/mol. The Morgan fingerprint density at radius 2 is 2.00 bits per heavy atom. The molecule has 1 amide bonds. The van der Waals surface area contributed by atoms with Crippen LogP contribution in [0.2, 0.25) is 0 Å². The number of amides is 1. The van der Waals surface area contributed by atoms with E-state index in [1.54, 1.807) is 18.5 Å². The fraction of sp³-hybridized carbons (Fsp3) is 0.364. The predicted molar refractivity (Wildman–Crippen MR) is 76.2 cm³/mol. The van der Waals surface area contributed by atoms with E-state index in [2.05, 4.69) is 30.8 Å². The van der Waals surface area contributed by atoms with E-state index in [1.165, 1.54) is 4.68 Å². The Kier molecular flexibility index (Phi) is 4.28. The molecule has 6 N–H and O–H groups in total. The van der Waals surface area contributed by atoms with Crippen molar-refractivity contribution < 1.29 is 4.79 Å². The minimum absolute atomic E-state index is 0.0262. The smallest absolute Gasteiger partial charge is 0.257 e. The Balaban J connectivity index is 2.35. The summed E-state index contributed by atoms with van der Waals surface area (Å²) in [5, 5.41) is 6.91. The van der Waals surface area contributed by atoms with Crippen LogP contribution in [-0.2, 0) is 4.79 Å². The van der Waals surface area contributed by atoms with Crippen molar-refractivity contribution in [2.75, 3.05) is 10.7 Å². The standard InChI is InChI=1S/C11H17N9O/c1-6(2)7(8(12)21)15-9-16-10(19-13)18-11(17-9)20-5-3-4-14-20/h3-7H,13H2,1-2H3,(H2,12,21)(H2,15,16,17,18,19). The van der Waals surface area contributed by atoms with Crippen LogP contribution in [0.25, 0.3) is 5.95 Å². The molecule has 0 aromatic carbocycles. The Labute approximate surface area is 120 Å². The van der Waals surface area contributed by atoms with Gasteiger partial charge in [0.2, 0.25) is 17.8 Å². The van der Waals surface area contributed by atoms with Crippen LogP contribution in [-0.4, -0.2) is 36.7 Å². The van der Waals surface area contributed by atoms with Gasteiger partial charge in [-0.1, -0.05) is 13.8 Å². The lowest BCUT2D eigenvalue weighted by molar-refractivity contribution is -0.119. The van der Waals surface area contributed by atoms with E-state index in [4.69, 9.17) is 11.6 Å². The number of hydrogen-bond acceptors (Lipinski definition) is 8. The summed E-state index contributed by atoms with van der Waals surface area (Å²) in [6.45, 7) is 3.72. The molecule has 1 unspecified atom stereocenters. The second-order valence-electron chi connectivity index (χ2n) is 4.65. The third-order valence-electron chi connectivity index (χ3n) is 2.72. The van der Waals surface area contributed by atoms with E-state index in [0.717, 1.165) is 0 Å². The van der Waals surface area contributed by atoms with Crippen molar-refractivity contribution in [2.24, 2.45) is 17.5 Å². The number of carbonyl (C=O) groups is 1. The van der Waals surface area contributed by atoms with Gasteiger partial charge < -0.3 is 11.1 Å². The van der Waals surface area contributed by atoms with Gasteiger partial charge in [-0.05, 0) is 12.0 Å². The van der Waals surface area contributed by atoms with Crippen LogP contribution in [0.5, 0.6) is 0 Å². The van der Waals surface area contributed by atoms with Gasteiger partial charge in [0.05, 0.1) is 0 Å². The first kappa shape index (κ1) is 14.7. The molecule has 1 atom stereocenters. The van der Waals surface area contributed by atoms with Gasteiger partial charge >= 0.3 is 0 Å². The summed E-state index contributed by atoms with van der Waals surface area (Å²) in [5.41, 5.74) is 7.70. The van der Waals surface area contributed by atoms with Crippen molar-refractivity contribution in [1.29, 1.82) is 0 Å². The molecule has 10 nitrogen and oxygen atoms in total. The van der Waals surface area contributed by atoms with Gasteiger partial charge in [0.1, 0.15) is 6.04 Å². The van der Waals surface area contributed by atoms with Crippen LogP contribution in [0.15, 0.2) is 18.5 Å². The number of primary amides is 1. The van der Waals surface area contributed by atoms with Crippen LogP contribution in [0, 0.1) is 5.92 Å². The third-order valence-corrected chi connectivity index (χ3v) is 2.72. The van der Waals surface area contributed by atoms with Crippen molar-refractivity contribution in [2.45, 2.75) is 19.9 Å². The molecule has 0 bridgehead atoms. The molecule has 0 fully saturated rings. The molecule has 10 heteroatoms. The fourth-order valence-corrected chi connectivity index (χ4v) is 1.69. The van der Waals surface area contributed by atoms with Crippen molar-refractivity contribution in [3.05, 3.63) is 18.5 Å². The van der Waals surface area contributed by atoms with Crippen molar-refractivity contribution >= 4 is 17.8 Å². The summed E-state index contributed by atoms with van der Waals surface area (Å²) < 4.78 is 1.45. The molecule has 0 aliphatic carbocycles. The van der Waals surface area contributed by atoms with E-state index in [1.807, 2.05) is 13.8 Å². The molecule has 112 valence electrons. The summed E-state index contributed by atoms with van der Waals surface area (Å²) in [5.74, 6) is 5.41. The summed E-state index contributed by atoms with van der Waals surface area (Å²) in [4.78, 5) is 23.8. The van der Waals surface area contributed by atoms with Gasteiger partial charge in [-0.2, -0.15) is 20.1 Å². The van der Waals surface area contributed by atoms with E-state index in [0.29, 0.717) is 0 Å². The average molecular weight is 291 g/mol. The second kappa shape index (κ2) is 6.13. The quantitative estimate of drug-likeness (QED) is 0.401. The predicted octanol–water partition coefficient (Wildman–Crippen LogP) is -0.735. The zero-order valence-electron chi connectivity index (χ0n) is 11.7. The number of carbonyl (C=O) groups excluding carboxylic acids is 1. The topological polar surface area (TPSA) is 150 Å². The maximum absolute atomic E-state index is 11.4. The van der Waals surface area contributed by atoms with Gasteiger partial charge in [-0.15, -0.1) is 0 Å². The van der Waals surface area contributed by atoms with Crippen molar-refractivity contribution in [3.8, 4) is 5.95 Å². The van der Waals surface area contributed by atoms with E-state index >= 15 is 0 Å². The van der Waals surface area contributed by atoms with Crippen LogP contribution >= 0.6 is 0 Å². The lowest BCUT2D eigenvalue weighted by Crippen LogP contribution is -2.40.